The van der Waals surface area contributed by atoms with E-state index in [1.54, 1.807) is 6.26 Å². The first kappa shape index (κ1) is 18.8. The Morgan fingerprint density at radius 2 is 1.97 bits per heavy atom. The van der Waals surface area contributed by atoms with Gasteiger partial charge in [-0.3, -0.25) is 9.36 Å². The molecule has 156 valence electrons. The molecule has 0 aliphatic carbocycles. The number of furan rings is 1. The standard InChI is InChI=1S/C23H26N4O3/c1-2-3-11-26-19-10-14-30-21(19)15-20(26)22(28)25-12-8-16(9-13-25)27-18-7-5-4-6-17(18)24-23(27)29/h4-7,10,14-16H,2-3,8-9,11-13H2,1H3,(H,24,29). The lowest BCUT2D eigenvalue weighted by molar-refractivity contribution is 0.0684. The highest BCUT2D eigenvalue weighted by Crippen LogP contribution is 2.28. The van der Waals surface area contributed by atoms with E-state index in [1.165, 1.54) is 0 Å². The smallest absolute Gasteiger partial charge is 0.326 e. The van der Waals surface area contributed by atoms with Crippen LogP contribution < -0.4 is 5.69 Å². The van der Waals surface area contributed by atoms with Gasteiger partial charge in [0, 0.05) is 37.8 Å². The number of benzene rings is 1. The number of hydrogen-bond donors (Lipinski definition) is 1. The molecule has 1 amide bonds. The van der Waals surface area contributed by atoms with Gasteiger partial charge in [-0.1, -0.05) is 25.5 Å². The van der Waals surface area contributed by atoms with E-state index in [-0.39, 0.29) is 17.6 Å². The van der Waals surface area contributed by atoms with Crippen molar-refractivity contribution in [3.05, 3.63) is 58.8 Å². The summed E-state index contributed by atoms with van der Waals surface area (Å²) in [6.07, 6.45) is 5.28. The summed E-state index contributed by atoms with van der Waals surface area (Å²) < 4.78 is 9.48. The number of carbonyl (C=O) groups excluding carboxylic acids is 1. The molecule has 0 spiro atoms. The van der Waals surface area contributed by atoms with Gasteiger partial charge in [0.2, 0.25) is 0 Å². The molecule has 5 rings (SSSR count). The van der Waals surface area contributed by atoms with E-state index in [1.807, 2.05) is 45.9 Å². The monoisotopic (exact) mass is 406 g/mol. The molecular weight excluding hydrogens is 380 g/mol. The maximum absolute atomic E-state index is 13.3. The number of aryl methyl sites for hydroxylation is 1. The highest BCUT2D eigenvalue weighted by molar-refractivity contribution is 5.97. The van der Waals surface area contributed by atoms with Gasteiger partial charge >= 0.3 is 5.69 Å². The number of imidazole rings is 1. The highest BCUT2D eigenvalue weighted by Gasteiger charge is 2.28. The Balaban J connectivity index is 1.36. The predicted octanol–water partition coefficient (Wildman–Crippen LogP) is 4.15. The molecule has 1 fully saturated rings. The maximum Gasteiger partial charge on any atom is 0.326 e. The van der Waals surface area contributed by atoms with Crippen LogP contribution in [0.2, 0.25) is 0 Å². The zero-order valence-corrected chi connectivity index (χ0v) is 17.1. The average Bonchev–Trinajstić information content (AvgIpc) is 3.44. The number of aromatic nitrogens is 3. The number of H-pyrrole nitrogens is 1. The Bertz CT molecular complexity index is 1250. The van der Waals surface area contributed by atoms with Gasteiger partial charge in [0.25, 0.3) is 5.91 Å². The fourth-order valence-corrected chi connectivity index (χ4v) is 4.64. The van der Waals surface area contributed by atoms with Crippen molar-refractivity contribution in [3.8, 4) is 0 Å². The lowest BCUT2D eigenvalue weighted by Crippen LogP contribution is -2.41. The third kappa shape index (κ3) is 3.05. The van der Waals surface area contributed by atoms with Crippen LogP contribution in [-0.2, 0) is 6.54 Å². The number of likely N-dealkylation sites (tertiary alicyclic amines) is 1. The summed E-state index contributed by atoms with van der Waals surface area (Å²) in [6.45, 7) is 4.22. The molecule has 7 heteroatoms. The number of nitrogens with one attached hydrogen (secondary N) is 1. The maximum atomic E-state index is 13.3. The number of nitrogens with zero attached hydrogens (tertiary/aromatic N) is 3. The van der Waals surface area contributed by atoms with Gasteiger partial charge in [-0.2, -0.15) is 0 Å². The van der Waals surface area contributed by atoms with Crippen LogP contribution in [0.25, 0.3) is 22.1 Å². The van der Waals surface area contributed by atoms with E-state index in [2.05, 4.69) is 16.5 Å². The number of piperidine rings is 1. The number of fused-ring (bicyclic) bond motifs is 2. The molecule has 1 aliphatic heterocycles. The molecule has 1 aromatic carbocycles. The van der Waals surface area contributed by atoms with Crippen LogP contribution >= 0.6 is 0 Å². The van der Waals surface area contributed by atoms with Crippen molar-refractivity contribution in [2.24, 2.45) is 0 Å². The first-order valence-electron chi connectivity index (χ1n) is 10.7. The summed E-state index contributed by atoms with van der Waals surface area (Å²) in [6, 6.07) is 11.7. The summed E-state index contributed by atoms with van der Waals surface area (Å²) in [5.74, 6) is 0.0437. The molecule has 0 saturated carbocycles. The number of rotatable bonds is 5. The van der Waals surface area contributed by atoms with Crippen molar-refractivity contribution >= 4 is 28.0 Å². The van der Waals surface area contributed by atoms with Crippen LogP contribution in [0.15, 0.2) is 51.9 Å². The van der Waals surface area contributed by atoms with Crippen LogP contribution in [-0.4, -0.2) is 38.0 Å². The fourth-order valence-electron chi connectivity index (χ4n) is 4.64. The molecule has 1 saturated heterocycles. The first-order chi connectivity index (χ1) is 14.7. The van der Waals surface area contributed by atoms with Gasteiger partial charge < -0.3 is 18.9 Å². The zero-order chi connectivity index (χ0) is 20.7. The Morgan fingerprint density at radius 3 is 2.77 bits per heavy atom. The van der Waals surface area contributed by atoms with Gasteiger partial charge in [-0.05, 0) is 31.4 Å². The van der Waals surface area contributed by atoms with Crippen LogP contribution in [0.5, 0.6) is 0 Å². The summed E-state index contributed by atoms with van der Waals surface area (Å²) in [5, 5.41) is 0. The molecule has 0 bridgehead atoms. The lowest BCUT2D eigenvalue weighted by atomic mass is 10.0. The lowest BCUT2D eigenvalue weighted by Gasteiger charge is -2.32. The van der Waals surface area contributed by atoms with E-state index in [0.717, 1.165) is 54.4 Å². The summed E-state index contributed by atoms with van der Waals surface area (Å²) in [4.78, 5) is 30.7. The second-order valence-electron chi connectivity index (χ2n) is 8.05. The number of para-hydroxylation sites is 2. The summed E-state index contributed by atoms with van der Waals surface area (Å²) >= 11 is 0. The van der Waals surface area contributed by atoms with E-state index < -0.39 is 0 Å². The molecule has 30 heavy (non-hydrogen) atoms. The van der Waals surface area contributed by atoms with Crippen LogP contribution in [0.4, 0.5) is 0 Å². The van der Waals surface area contributed by atoms with Crippen LogP contribution in [0, 0.1) is 0 Å². The minimum Gasteiger partial charge on any atom is -0.463 e. The topological polar surface area (TPSA) is 76.2 Å². The zero-order valence-electron chi connectivity index (χ0n) is 17.1. The van der Waals surface area contributed by atoms with Gasteiger partial charge in [-0.15, -0.1) is 0 Å². The van der Waals surface area contributed by atoms with Crippen molar-refractivity contribution in [3.63, 3.8) is 0 Å². The van der Waals surface area contributed by atoms with Crippen molar-refractivity contribution < 1.29 is 9.21 Å². The molecule has 7 nitrogen and oxygen atoms in total. The van der Waals surface area contributed by atoms with Crippen LogP contribution in [0.1, 0.15) is 49.1 Å². The minimum absolute atomic E-state index is 0.0437. The van der Waals surface area contributed by atoms with E-state index >= 15 is 0 Å². The third-order valence-electron chi connectivity index (χ3n) is 6.22. The molecular formula is C23H26N4O3. The molecule has 3 aromatic heterocycles. The van der Waals surface area contributed by atoms with Crippen LogP contribution in [0.3, 0.4) is 0 Å². The molecule has 1 N–H and O–H groups in total. The molecule has 4 heterocycles. The van der Waals surface area contributed by atoms with E-state index in [9.17, 15) is 9.59 Å². The van der Waals surface area contributed by atoms with Crippen molar-refractivity contribution in [2.75, 3.05) is 13.1 Å². The normalized spacial score (nSPS) is 15.4. The fraction of sp³-hybridized carbons (Fsp3) is 0.391. The summed E-state index contributed by atoms with van der Waals surface area (Å²) in [5.41, 5.74) is 4.15. The van der Waals surface area contributed by atoms with E-state index in [0.29, 0.717) is 18.8 Å². The van der Waals surface area contributed by atoms with Gasteiger partial charge in [0.1, 0.15) is 5.69 Å². The van der Waals surface area contributed by atoms with Gasteiger partial charge in [-0.25, -0.2) is 4.79 Å². The molecule has 0 atom stereocenters. The molecule has 0 unspecified atom stereocenters. The van der Waals surface area contributed by atoms with Gasteiger partial charge in [0.05, 0.1) is 22.8 Å². The molecule has 0 radical (unpaired) electrons. The van der Waals surface area contributed by atoms with Crippen molar-refractivity contribution in [1.82, 2.24) is 19.0 Å². The van der Waals surface area contributed by atoms with Crippen molar-refractivity contribution in [2.45, 2.75) is 45.2 Å². The van der Waals surface area contributed by atoms with Crippen molar-refractivity contribution in [1.29, 1.82) is 0 Å². The summed E-state index contributed by atoms with van der Waals surface area (Å²) in [7, 11) is 0. The second-order valence-corrected chi connectivity index (χ2v) is 8.05. The second kappa shape index (κ2) is 7.55. The number of unbranched alkanes of at least 4 members (excludes halogenated alkanes) is 1. The SMILES string of the molecule is CCCCn1c(C(=O)N2CCC(n3c(=O)[nH]c4ccccc43)CC2)cc2occc21. The molecule has 1 aliphatic rings. The number of aromatic amines is 1. The number of amides is 1. The quantitative estimate of drug-likeness (QED) is 0.541. The van der Waals surface area contributed by atoms with E-state index in [4.69, 9.17) is 4.42 Å². The largest absolute Gasteiger partial charge is 0.463 e. The average molecular weight is 406 g/mol. The predicted molar refractivity (Wildman–Crippen MR) is 116 cm³/mol. The Hall–Kier alpha value is -3.22. The first-order valence-corrected chi connectivity index (χ1v) is 10.7. The third-order valence-corrected chi connectivity index (χ3v) is 6.22. The minimum atomic E-state index is -0.0743. The number of carbonyl (C=O) groups is 1. The van der Waals surface area contributed by atoms with Gasteiger partial charge in [0.15, 0.2) is 5.58 Å². The number of hydrogen-bond acceptors (Lipinski definition) is 3. The Morgan fingerprint density at radius 1 is 1.17 bits per heavy atom. The Labute approximate surface area is 173 Å². The Kier molecular flexibility index (Phi) is 4.73. The highest BCUT2D eigenvalue weighted by atomic mass is 16.3. The molecule has 4 aromatic rings.